The van der Waals surface area contributed by atoms with Crippen LogP contribution in [0.2, 0.25) is 0 Å². The second kappa shape index (κ2) is 7.50. The Kier molecular flexibility index (Phi) is 5.50. The first-order valence-electron chi connectivity index (χ1n) is 11.6. The van der Waals surface area contributed by atoms with Crippen LogP contribution in [0, 0.1) is 40.4 Å². The molecular formula is C24H38O4. The first-order chi connectivity index (χ1) is 13.3. The minimum absolute atomic E-state index is 0.0158. The van der Waals surface area contributed by atoms with Gasteiger partial charge in [0.05, 0.1) is 6.10 Å². The minimum atomic E-state index is -0.185. The SMILES string of the molecule is CCCOCC(=O)[C@H]1CC[C@H]2[C@@H]3CC[C@H]4C[C@H](O)CC[C@]4(C)[C@H]3C(=O)C[C@]12C. The maximum Gasteiger partial charge on any atom is 0.162 e. The summed E-state index contributed by atoms with van der Waals surface area (Å²) in [6.07, 6.45) is 8.21. The van der Waals surface area contributed by atoms with Crippen LogP contribution in [0.3, 0.4) is 0 Å². The van der Waals surface area contributed by atoms with Gasteiger partial charge in [0.15, 0.2) is 5.78 Å². The molecule has 0 aliphatic heterocycles. The molecule has 4 heteroatoms. The van der Waals surface area contributed by atoms with Crippen LogP contribution in [-0.2, 0) is 14.3 Å². The molecule has 0 heterocycles. The van der Waals surface area contributed by atoms with Crippen molar-refractivity contribution in [1.82, 2.24) is 0 Å². The Morgan fingerprint density at radius 1 is 1.14 bits per heavy atom. The quantitative estimate of drug-likeness (QED) is 0.715. The number of hydrogen-bond acceptors (Lipinski definition) is 4. The maximum atomic E-state index is 13.5. The monoisotopic (exact) mass is 390 g/mol. The van der Waals surface area contributed by atoms with Gasteiger partial charge in [-0.3, -0.25) is 9.59 Å². The largest absolute Gasteiger partial charge is 0.393 e. The minimum Gasteiger partial charge on any atom is -0.393 e. The van der Waals surface area contributed by atoms with Gasteiger partial charge in [-0.25, -0.2) is 0 Å². The molecule has 0 aromatic rings. The van der Waals surface area contributed by atoms with E-state index in [9.17, 15) is 14.7 Å². The van der Waals surface area contributed by atoms with E-state index in [1.165, 1.54) is 0 Å². The van der Waals surface area contributed by atoms with E-state index in [1.807, 2.05) is 0 Å². The van der Waals surface area contributed by atoms with E-state index in [4.69, 9.17) is 4.74 Å². The number of aliphatic hydroxyl groups is 1. The van der Waals surface area contributed by atoms with E-state index in [0.29, 0.717) is 36.6 Å². The van der Waals surface area contributed by atoms with E-state index in [0.717, 1.165) is 51.4 Å². The molecule has 0 aromatic carbocycles. The number of Topliss-reactive ketones (excluding diaryl/α,β-unsaturated/α-hetero) is 2. The molecule has 4 aliphatic rings. The lowest BCUT2D eigenvalue weighted by atomic mass is 9.44. The number of carbonyl (C=O) groups is 2. The van der Waals surface area contributed by atoms with Gasteiger partial charge in [0.1, 0.15) is 12.4 Å². The lowest BCUT2D eigenvalue weighted by molar-refractivity contribution is -0.163. The van der Waals surface area contributed by atoms with Crippen LogP contribution in [0.25, 0.3) is 0 Å². The highest BCUT2D eigenvalue weighted by Crippen LogP contribution is 2.66. The molecule has 0 bridgehead atoms. The molecule has 0 saturated heterocycles. The molecule has 28 heavy (non-hydrogen) atoms. The third kappa shape index (κ3) is 3.10. The fourth-order valence-electron chi connectivity index (χ4n) is 8.00. The molecule has 0 spiro atoms. The number of aliphatic hydroxyl groups excluding tert-OH is 1. The molecule has 4 saturated carbocycles. The second-order valence-electron chi connectivity index (χ2n) is 10.8. The van der Waals surface area contributed by atoms with Gasteiger partial charge in [-0.15, -0.1) is 0 Å². The Morgan fingerprint density at radius 2 is 1.93 bits per heavy atom. The summed E-state index contributed by atoms with van der Waals surface area (Å²) < 4.78 is 5.55. The van der Waals surface area contributed by atoms with Gasteiger partial charge in [-0.1, -0.05) is 20.8 Å². The molecule has 4 fully saturated rings. The van der Waals surface area contributed by atoms with Gasteiger partial charge < -0.3 is 9.84 Å². The molecule has 0 radical (unpaired) electrons. The lowest BCUT2D eigenvalue weighted by Gasteiger charge is -2.59. The van der Waals surface area contributed by atoms with Crippen molar-refractivity contribution in [3.63, 3.8) is 0 Å². The zero-order valence-corrected chi connectivity index (χ0v) is 17.9. The van der Waals surface area contributed by atoms with Gasteiger partial charge in [-0.2, -0.15) is 0 Å². The zero-order valence-electron chi connectivity index (χ0n) is 17.9. The van der Waals surface area contributed by atoms with Crippen LogP contribution in [-0.4, -0.2) is 36.0 Å². The summed E-state index contributed by atoms with van der Waals surface area (Å²) in [5.41, 5.74) is -0.130. The normalized spacial score (nSPS) is 47.9. The van der Waals surface area contributed by atoms with Crippen molar-refractivity contribution in [2.24, 2.45) is 40.4 Å². The number of fused-ring (bicyclic) bond motifs is 5. The van der Waals surface area contributed by atoms with Gasteiger partial charge in [0, 0.05) is 24.9 Å². The number of rotatable bonds is 5. The molecule has 0 aromatic heterocycles. The summed E-state index contributed by atoms with van der Waals surface area (Å²) in [5.74, 6) is 2.14. The molecule has 0 unspecified atom stereocenters. The standard InChI is InChI=1S/C24H38O4/c1-4-11-28-14-21(27)19-8-7-18-17-6-5-15-12-16(25)9-10-23(15,2)22(17)20(26)13-24(18,19)3/h15-19,22,25H,4-14H2,1-3H3/t15-,16+,17-,18-,19+,22+,23-,24-/m0/s1. The van der Waals surface area contributed by atoms with Crippen LogP contribution in [0.5, 0.6) is 0 Å². The summed E-state index contributed by atoms with van der Waals surface area (Å²) in [4.78, 5) is 26.5. The fourth-order valence-corrected chi connectivity index (χ4v) is 8.00. The van der Waals surface area contributed by atoms with Crippen LogP contribution < -0.4 is 0 Å². The summed E-state index contributed by atoms with van der Waals surface area (Å²) >= 11 is 0. The Balaban J connectivity index is 1.56. The van der Waals surface area contributed by atoms with E-state index >= 15 is 0 Å². The molecule has 4 aliphatic carbocycles. The third-order valence-electron chi connectivity index (χ3n) is 9.30. The predicted molar refractivity (Wildman–Crippen MR) is 108 cm³/mol. The van der Waals surface area contributed by atoms with Crippen LogP contribution in [0.4, 0.5) is 0 Å². The van der Waals surface area contributed by atoms with E-state index in [2.05, 4.69) is 20.8 Å². The smallest absolute Gasteiger partial charge is 0.162 e. The lowest BCUT2D eigenvalue weighted by Crippen LogP contribution is -2.58. The summed E-state index contributed by atoms with van der Waals surface area (Å²) in [6, 6.07) is 0. The average Bonchev–Trinajstić information content (AvgIpc) is 2.98. The van der Waals surface area contributed by atoms with Crippen molar-refractivity contribution in [3.8, 4) is 0 Å². The summed E-state index contributed by atoms with van der Waals surface area (Å²) in [5, 5.41) is 10.2. The number of ketones is 2. The Morgan fingerprint density at radius 3 is 2.68 bits per heavy atom. The van der Waals surface area contributed by atoms with Crippen molar-refractivity contribution in [2.45, 2.75) is 84.7 Å². The van der Waals surface area contributed by atoms with Gasteiger partial charge in [0.2, 0.25) is 0 Å². The van der Waals surface area contributed by atoms with E-state index in [-0.39, 0.29) is 41.2 Å². The number of hydrogen-bond donors (Lipinski definition) is 1. The van der Waals surface area contributed by atoms with Crippen molar-refractivity contribution in [3.05, 3.63) is 0 Å². The van der Waals surface area contributed by atoms with Gasteiger partial charge >= 0.3 is 0 Å². The molecule has 8 atom stereocenters. The first kappa shape index (κ1) is 20.5. The summed E-state index contributed by atoms with van der Waals surface area (Å²) in [6.45, 7) is 7.45. The zero-order chi connectivity index (χ0) is 20.1. The Hall–Kier alpha value is -0.740. The Labute approximate surface area is 169 Å². The highest BCUT2D eigenvalue weighted by molar-refractivity contribution is 5.88. The first-order valence-corrected chi connectivity index (χ1v) is 11.6. The van der Waals surface area contributed by atoms with Crippen molar-refractivity contribution in [2.75, 3.05) is 13.2 Å². The van der Waals surface area contributed by atoms with E-state index < -0.39 is 0 Å². The summed E-state index contributed by atoms with van der Waals surface area (Å²) in [7, 11) is 0. The number of carbonyl (C=O) groups excluding carboxylic acids is 2. The van der Waals surface area contributed by atoms with E-state index in [1.54, 1.807) is 0 Å². The fraction of sp³-hybridized carbons (Fsp3) is 0.917. The van der Waals surface area contributed by atoms with Gasteiger partial charge in [0.25, 0.3) is 0 Å². The van der Waals surface area contributed by atoms with Crippen molar-refractivity contribution in [1.29, 1.82) is 0 Å². The topological polar surface area (TPSA) is 63.6 Å². The van der Waals surface area contributed by atoms with Crippen LogP contribution >= 0.6 is 0 Å². The molecule has 1 N–H and O–H groups in total. The van der Waals surface area contributed by atoms with Crippen molar-refractivity contribution >= 4 is 11.6 Å². The van der Waals surface area contributed by atoms with Crippen molar-refractivity contribution < 1.29 is 19.4 Å². The van der Waals surface area contributed by atoms with Gasteiger partial charge in [-0.05, 0) is 80.0 Å². The van der Waals surface area contributed by atoms with Crippen LogP contribution in [0.15, 0.2) is 0 Å². The highest BCUT2D eigenvalue weighted by Gasteiger charge is 2.63. The maximum absolute atomic E-state index is 13.5. The Bertz CT molecular complexity index is 630. The highest BCUT2D eigenvalue weighted by atomic mass is 16.5. The molecule has 0 amide bonds. The predicted octanol–water partition coefficient (Wildman–Crippen LogP) is 4.18. The molecule has 4 nitrogen and oxygen atoms in total. The second-order valence-corrected chi connectivity index (χ2v) is 10.8. The van der Waals surface area contributed by atoms with Crippen LogP contribution in [0.1, 0.15) is 78.6 Å². The third-order valence-corrected chi connectivity index (χ3v) is 9.30. The molecule has 158 valence electrons. The average molecular weight is 391 g/mol. The molecule has 4 rings (SSSR count). The molecular weight excluding hydrogens is 352 g/mol. The number of ether oxygens (including phenoxy) is 1.